The van der Waals surface area contributed by atoms with Gasteiger partial charge < -0.3 is 14.6 Å². The van der Waals surface area contributed by atoms with E-state index in [0.29, 0.717) is 40.8 Å². The number of pyridine rings is 1. The van der Waals surface area contributed by atoms with E-state index in [0.717, 1.165) is 23.7 Å². The van der Waals surface area contributed by atoms with Crippen molar-refractivity contribution in [3.05, 3.63) is 23.9 Å². The van der Waals surface area contributed by atoms with Crippen molar-refractivity contribution in [1.82, 2.24) is 4.98 Å². The molecule has 0 aromatic carbocycles. The highest BCUT2D eigenvalue weighted by Crippen LogP contribution is 2.82. The first kappa shape index (κ1) is 22.8. The fourth-order valence-electron chi connectivity index (χ4n) is 10.5. The molecule has 1 N–H and O–H groups in total. The Hall–Kier alpha value is -1.62. The Morgan fingerprint density at radius 3 is 2.76 bits per heavy atom. The average Bonchev–Trinajstić information content (AvgIpc) is 3.33. The van der Waals surface area contributed by atoms with Gasteiger partial charge in [0.1, 0.15) is 5.56 Å². The molecule has 10 atom stereocenters. The van der Waals surface area contributed by atoms with Crippen molar-refractivity contribution in [2.24, 2.45) is 51.8 Å². The Morgan fingerprint density at radius 2 is 2.03 bits per heavy atom. The number of aromatic nitrogens is 1. The number of carboxylic acid groups (broad SMARTS) is 1. The van der Waals surface area contributed by atoms with Crippen LogP contribution in [-0.4, -0.2) is 35.9 Å². The third-order valence-electron chi connectivity index (χ3n) is 12.1. The third kappa shape index (κ3) is 2.88. The zero-order valence-electron chi connectivity index (χ0n) is 21.3. The first-order valence-electron chi connectivity index (χ1n) is 13.6. The van der Waals surface area contributed by atoms with Gasteiger partial charge in [-0.2, -0.15) is 0 Å². The number of fused-ring (bicyclic) bond motifs is 4. The van der Waals surface area contributed by atoms with Gasteiger partial charge in [0.05, 0.1) is 12.7 Å². The zero-order valence-corrected chi connectivity index (χ0v) is 21.3. The molecule has 2 unspecified atom stereocenters. The van der Waals surface area contributed by atoms with Crippen LogP contribution in [0.1, 0.15) is 82.5 Å². The lowest BCUT2D eigenvalue weighted by Gasteiger charge is -2.61. The van der Waals surface area contributed by atoms with E-state index in [4.69, 9.17) is 9.47 Å². The van der Waals surface area contributed by atoms with Gasteiger partial charge in [-0.3, -0.25) is 0 Å². The van der Waals surface area contributed by atoms with Gasteiger partial charge in [-0.05, 0) is 110 Å². The van der Waals surface area contributed by atoms with Gasteiger partial charge in [-0.15, -0.1) is 0 Å². The lowest BCUT2D eigenvalue weighted by Crippen LogP contribution is -2.57. The van der Waals surface area contributed by atoms with E-state index in [-0.39, 0.29) is 11.4 Å². The molecule has 0 saturated heterocycles. The fraction of sp³-hybridized carbons (Fsp3) is 0.793. The van der Waals surface area contributed by atoms with Crippen LogP contribution >= 0.6 is 0 Å². The summed E-state index contributed by atoms with van der Waals surface area (Å²) in [6.07, 6.45) is 12.8. The van der Waals surface area contributed by atoms with E-state index in [1.54, 1.807) is 18.3 Å². The van der Waals surface area contributed by atoms with Crippen LogP contribution in [0.4, 0.5) is 0 Å². The summed E-state index contributed by atoms with van der Waals surface area (Å²) in [5.74, 6) is 3.59. The first-order chi connectivity index (χ1) is 16.3. The molecule has 5 aliphatic rings. The highest BCUT2D eigenvalue weighted by Gasteiger charge is 2.77. The number of rotatable bonds is 6. The second-order valence-corrected chi connectivity index (χ2v) is 12.9. The minimum atomic E-state index is -0.983. The number of hydrogen-bond acceptors (Lipinski definition) is 4. The normalized spacial score (nSPS) is 47.2. The van der Waals surface area contributed by atoms with E-state index in [1.807, 2.05) is 7.11 Å². The molecule has 1 heterocycles. The first-order valence-corrected chi connectivity index (χ1v) is 13.6. The minimum Gasteiger partial charge on any atom is -0.477 e. The summed E-state index contributed by atoms with van der Waals surface area (Å²) in [5.41, 5.74) is 1.45. The van der Waals surface area contributed by atoms with Crippen LogP contribution < -0.4 is 4.74 Å². The highest BCUT2D eigenvalue weighted by molar-refractivity contribution is 5.90. The molecule has 5 aliphatic carbocycles. The Balaban J connectivity index is 1.20. The third-order valence-corrected chi connectivity index (χ3v) is 12.1. The molecular weight excluding hydrogens is 426 g/mol. The van der Waals surface area contributed by atoms with E-state index in [2.05, 4.69) is 25.8 Å². The highest BCUT2D eigenvalue weighted by atomic mass is 16.5. The van der Waals surface area contributed by atoms with Crippen LogP contribution in [0.25, 0.3) is 0 Å². The quantitative estimate of drug-likeness (QED) is 0.549. The Bertz CT molecular complexity index is 981. The van der Waals surface area contributed by atoms with Crippen molar-refractivity contribution in [1.29, 1.82) is 0 Å². The number of ether oxygens (including phenoxy) is 2. The van der Waals surface area contributed by atoms with Crippen LogP contribution in [0.15, 0.2) is 18.3 Å². The molecule has 5 nitrogen and oxygen atoms in total. The summed E-state index contributed by atoms with van der Waals surface area (Å²) >= 11 is 0. The average molecular weight is 468 g/mol. The number of aromatic carboxylic acids is 1. The molecule has 0 amide bonds. The summed E-state index contributed by atoms with van der Waals surface area (Å²) in [4.78, 5) is 15.7. The molecule has 5 fully saturated rings. The van der Waals surface area contributed by atoms with Crippen molar-refractivity contribution < 1.29 is 19.4 Å². The standard InChI is InChI=1S/C29H41NO4/c1-17(16-34-25-19(26(31)32)6-5-13-30-25)21-7-8-22-20-14-24(33-4)29-15-18(29)9-12-28(29,3)23(20)10-11-27(21,22)2/h5-6,13,17-18,20-24H,7-12,14-16H2,1-4H3,(H,31,32)/t17-,18-,20+,21-,22+,23+,24?,27-,28-,29?/m1/s1. The molecule has 1 aromatic heterocycles. The van der Waals surface area contributed by atoms with Gasteiger partial charge in [-0.25, -0.2) is 9.78 Å². The van der Waals surface area contributed by atoms with Gasteiger partial charge in [-0.1, -0.05) is 20.8 Å². The van der Waals surface area contributed by atoms with Crippen molar-refractivity contribution >= 4 is 5.97 Å². The summed E-state index contributed by atoms with van der Waals surface area (Å²) in [7, 11) is 1.97. The molecule has 186 valence electrons. The largest absolute Gasteiger partial charge is 0.477 e. The van der Waals surface area contributed by atoms with Crippen LogP contribution in [0.5, 0.6) is 5.88 Å². The maximum atomic E-state index is 11.5. The van der Waals surface area contributed by atoms with Crippen molar-refractivity contribution in [3.63, 3.8) is 0 Å². The summed E-state index contributed by atoms with van der Waals surface area (Å²) < 4.78 is 12.3. The van der Waals surface area contributed by atoms with E-state index in [9.17, 15) is 9.90 Å². The molecule has 1 aromatic rings. The van der Waals surface area contributed by atoms with Crippen LogP contribution in [0, 0.1) is 51.8 Å². The molecule has 0 bridgehead atoms. The maximum Gasteiger partial charge on any atom is 0.341 e. The molecule has 34 heavy (non-hydrogen) atoms. The Morgan fingerprint density at radius 1 is 1.21 bits per heavy atom. The SMILES string of the molecule is COC1C[C@H]2[C@@H]3CC[C@H]([C@H](C)COc4ncccc4C(=O)O)[C@@]3(C)CC[C@@H]2[C@@]2(C)CC[C@@H]3CC132. The molecule has 0 radical (unpaired) electrons. The topological polar surface area (TPSA) is 68.7 Å². The monoisotopic (exact) mass is 467 g/mol. The lowest BCUT2D eigenvalue weighted by molar-refractivity contribution is -0.161. The molecule has 5 heteroatoms. The maximum absolute atomic E-state index is 11.5. The lowest BCUT2D eigenvalue weighted by atomic mass is 9.45. The van der Waals surface area contributed by atoms with Gasteiger partial charge in [0.25, 0.3) is 0 Å². The van der Waals surface area contributed by atoms with Crippen molar-refractivity contribution in [2.75, 3.05) is 13.7 Å². The molecular formula is C29H41NO4. The van der Waals surface area contributed by atoms with Gasteiger partial charge in [0.15, 0.2) is 0 Å². The van der Waals surface area contributed by atoms with Crippen LogP contribution in [0.2, 0.25) is 0 Å². The predicted octanol–water partition coefficient (Wildman–Crippen LogP) is 6.08. The number of carboxylic acids is 1. The van der Waals surface area contributed by atoms with Gasteiger partial charge in [0, 0.05) is 18.7 Å². The number of hydrogen-bond donors (Lipinski definition) is 1. The van der Waals surface area contributed by atoms with E-state index >= 15 is 0 Å². The van der Waals surface area contributed by atoms with E-state index in [1.165, 1.54) is 51.4 Å². The second kappa shape index (κ2) is 7.69. The second-order valence-electron chi connectivity index (χ2n) is 12.9. The molecule has 1 spiro atoms. The fourth-order valence-corrected chi connectivity index (χ4v) is 10.5. The number of methoxy groups -OCH3 is 1. The molecule has 5 saturated carbocycles. The number of nitrogens with zero attached hydrogens (tertiary/aromatic N) is 1. The summed E-state index contributed by atoms with van der Waals surface area (Å²) in [6.45, 7) is 8.03. The molecule has 6 rings (SSSR count). The zero-order chi connectivity index (χ0) is 23.9. The predicted molar refractivity (Wildman–Crippen MR) is 130 cm³/mol. The van der Waals surface area contributed by atoms with Crippen molar-refractivity contribution in [2.45, 2.75) is 78.2 Å². The van der Waals surface area contributed by atoms with Gasteiger partial charge in [0.2, 0.25) is 5.88 Å². The Labute approximate surface area is 204 Å². The number of carbonyl (C=O) groups is 1. The summed E-state index contributed by atoms with van der Waals surface area (Å²) in [6, 6.07) is 3.22. The minimum absolute atomic E-state index is 0.149. The van der Waals surface area contributed by atoms with Crippen molar-refractivity contribution in [3.8, 4) is 5.88 Å². The van der Waals surface area contributed by atoms with Gasteiger partial charge >= 0.3 is 5.97 Å². The molecule has 0 aliphatic heterocycles. The van der Waals surface area contributed by atoms with Crippen LogP contribution in [-0.2, 0) is 4.74 Å². The van der Waals surface area contributed by atoms with E-state index < -0.39 is 5.97 Å². The Kier molecular flexibility index (Phi) is 5.16. The van der Waals surface area contributed by atoms with Crippen LogP contribution in [0.3, 0.4) is 0 Å². The summed E-state index contributed by atoms with van der Waals surface area (Å²) in [5, 5.41) is 9.47. The smallest absolute Gasteiger partial charge is 0.341 e.